The van der Waals surface area contributed by atoms with Gasteiger partial charge in [0.05, 0.1) is 0 Å². The molecule has 82 valence electrons. The summed E-state index contributed by atoms with van der Waals surface area (Å²) in [5, 5.41) is 3.71. The van der Waals surface area contributed by atoms with Gasteiger partial charge < -0.3 is 5.32 Å². The molecule has 1 nitrogen and oxygen atoms in total. The molecule has 0 saturated carbocycles. The van der Waals surface area contributed by atoms with Crippen molar-refractivity contribution in [1.29, 1.82) is 0 Å². The number of hydrogen-bond donors (Lipinski definition) is 1. The van der Waals surface area contributed by atoms with Crippen LogP contribution in [0.3, 0.4) is 0 Å². The lowest BCUT2D eigenvalue weighted by Gasteiger charge is -2.21. The zero-order valence-electron chi connectivity index (χ0n) is 9.76. The van der Waals surface area contributed by atoms with E-state index in [-0.39, 0.29) is 0 Å². The van der Waals surface area contributed by atoms with Crippen LogP contribution in [0.1, 0.15) is 52.4 Å². The van der Waals surface area contributed by atoms with Gasteiger partial charge in [0, 0.05) is 6.04 Å². The van der Waals surface area contributed by atoms with E-state index in [1.807, 2.05) is 0 Å². The Morgan fingerprint density at radius 1 is 1.29 bits per heavy atom. The second kappa shape index (κ2) is 7.05. The molecule has 2 unspecified atom stereocenters. The molecule has 0 heterocycles. The van der Waals surface area contributed by atoms with Crippen LogP contribution in [0.2, 0.25) is 0 Å². The molecule has 1 N–H and O–H groups in total. The van der Waals surface area contributed by atoms with Crippen LogP contribution in [0.25, 0.3) is 0 Å². The summed E-state index contributed by atoms with van der Waals surface area (Å²) in [5.74, 6) is 0.830. The Balaban J connectivity index is 2.18. The van der Waals surface area contributed by atoms with Gasteiger partial charge in [0.15, 0.2) is 0 Å². The summed E-state index contributed by atoms with van der Waals surface area (Å²) in [7, 11) is 0. The Labute approximate surface area is 89.0 Å². The van der Waals surface area contributed by atoms with Crippen LogP contribution in [0.4, 0.5) is 0 Å². The van der Waals surface area contributed by atoms with Crippen LogP contribution < -0.4 is 5.32 Å². The third kappa shape index (κ3) is 4.80. The summed E-state index contributed by atoms with van der Waals surface area (Å²) in [5.41, 5.74) is 0. The van der Waals surface area contributed by atoms with Gasteiger partial charge in [-0.05, 0) is 44.6 Å². The fraction of sp³-hybridized carbons (Fsp3) is 0.846. The molecule has 0 amide bonds. The molecule has 1 heteroatoms. The molecule has 1 aliphatic carbocycles. The number of nitrogens with one attached hydrogen (secondary N) is 1. The minimum absolute atomic E-state index is 0.772. The lowest BCUT2D eigenvalue weighted by Crippen LogP contribution is -2.32. The average Bonchev–Trinajstić information content (AvgIpc) is 2.15. The Morgan fingerprint density at radius 2 is 2.07 bits per heavy atom. The van der Waals surface area contributed by atoms with E-state index in [4.69, 9.17) is 0 Å². The maximum Gasteiger partial charge on any atom is 0.00702 e. The zero-order valence-corrected chi connectivity index (χ0v) is 9.76. The predicted octanol–water partition coefficient (Wildman–Crippen LogP) is 3.51. The summed E-state index contributed by atoms with van der Waals surface area (Å²) in [4.78, 5) is 0. The van der Waals surface area contributed by atoms with Crippen molar-refractivity contribution in [2.45, 2.75) is 58.4 Å². The lowest BCUT2D eigenvalue weighted by atomic mass is 10.00. The van der Waals surface area contributed by atoms with E-state index in [1.165, 1.54) is 45.1 Å². The van der Waals surface area contributed by atoms with E-state index in [0.717, 1.165) is 12.0 Å². The van der Waals surface area contributed by atoms with Crippen molar-refractivity contribution in [2.75, 3.05) is 6.54 Å². The molecule has 0 saturated heterocycles. The zero-order chi connectivity index (χ0) is 10.2. The fourth-order valence-corrected chi connectivity index (χ4v) is 1.88. The van der Waals surface area contributed by atoms with E-state index in [1.54, 1.807) is 0 Å². The van der Waals surface area contributed by atoms with Gasteiger partial charge in [-0.1, -0.05) is 32.4 Å². The highest BCUT2D eigenvalue weighted by atomic mass is 14.9. The number of hydrogen-bond acceptors (Lipinski definition) is 1. The van der Waals surface area contributed by atoms with Crippen molar-refractivity contribution < 1.29 is 0 Å². The van der Waals surface area contributed by atoms with Crippen molar-refractivity contribution in [3.05, 3.63) is 12.2 Å². The van der Waals surface area contributed by atoms with Gasteiger partial charge in [-0.15, -0.1) is 0 Å². The SMILES string of the molecule is CCC(C)CNC1CC/C=C\CCC1. The Morgan fingerprint density at radius 3 is 2.86 bits per heavy atom. The van der Waals surface area contributed by atoms with E-state index >= 15 is 0 Å². The van der Waals surface area contributed by atoms with Crippen molar-refractivity contribution in [1.82, 2.24) is 5.32 Å². The maximum atomic E-state index is 3.71. The first-order valence-corrected chi connectivity index (χ1v) is 6.21. The predicted molar refractivity (Wildman–Crippen MR) is 63.5 cm³/mol. The first kappa shape index (κ1) is 11.8. The Bertz CT molecular complexity index is 163. The summed E-state index contributed by atoms with van der Waals surface area (Å²) < 4.78 is 0. The summed E-state index contributed by atoms with van der Waals surface area (Å²) in [6.07, 6.45) is 12.6. The molecule has 0 aromatic rings. The van der Waals surface area contributed by atoms with Crippen LogP contribution in [0.5, 0.6) is 0 Å². The van der Waals surface area contributed by atoms with Gasteiger partial charge in [0.25, 0.3) is 0 Å². The topological polar surface area (TPSA) is 12.0 Å². The lowest BCUT2D eigenvalue weighted by molar-refractivity contribution is 0.396. The van der Waals surface area contributed by atoms with Gasteiger partial charge in [-0.2, -0.15) is 0 Å². The molecular weight excluding hydrogens is 170 g/mol. The molecule has 0 aliphatic heterocycles. The minimum atomic E-state index is 0.772. The summed E-state index contributed by atoms with van der Waals surface area (Å²) in [6, 6.07) is 0.772. The maximum absolute atomic E-state index is 3.71. The van der Waals surface area contributed by atoms with Gasteiger partial charge in [0.2, 0.25) is 0 Å². The summed E-state index contributed by atoms with van der Waals surface area (Å²) in [6.45, 7) is 5.80. The first-order chi connectivity index (χ1) is 6.83. The van der Waals surface area contributed by atoms with Gasteiger partial charge in [-0.3, -0.25) is 0 Å². The normalized spacial score (nSPS) is 27.7. The van der Waals surface area contributed by atoms with E-state index in [9.17, 15) is 0 Å². The molecule has 0 aromatic heterocycles. The fourth-order valence-electron chi connectivity index (χ4n) is 1.88. The standard InChI is InChI=1S/C13H25N/c1-3-12(2)11-14-13-9-7-5-4-6-8-10-13/h4-5,12-14H,3,6-11H2,1-2H3/b5-4-. The highest BCUT2D eigenvalue weighted by Crippen LogP contribution is 2.12. The van der Waals surface area contributed by atoms with E-state index < -0.39 is 0 Å². The van der Waals surface area contributed by atoms with Gasteiger partial charge in [-0.25, -0.2) is 0 Å². The third-order valence-corrected chi connectivity index (χ3v) is 3.22. The average molecular weight is 195 g/mol. The highest BCUT2D eigenvalue weighted by molar-refractivity contribution is 4.86. The Hall–Kier alpha value is -0.300. The minimum Gasteiger partial charge on any atom is -0.314 e. The van der Waals surface area contributed by atoms with Crippen molar-refractivity contribution >= 4 is 0 Å². The van der Waals surface area contributed by atoms with Crippen LogP contribution in [0, 0.1) is 5.92 Å². The first-order valence-electron chi connectivity index (χ1n) is 6.21. The molecule has 1 aliphatic rings. The van der Waals surface area contributed by atoms with Crippen LogP contribution >= 0.6 is 0 Å². The number of allylic oxidation sites excluding steroid dienone is 2. The molecule has 14 heavy (non-hydrogen) atoms. The monoisotopic (exact) mass is 195 g/mol. The van der Waals surface area contributed by atoms with Gasteiger partial charge in [0.1, 0.15) is 0 Å². The highest BCUT2D eigenvalue weighted by Gasteiger charge is 2.09. The van der Waals surface area contributed by atoms with Crippen molar-refractivity contribution in [3.63, 3.8) is 0 Å². The molecule has 0 fully saturated rings. The molecule has 0 radical (unpaired) electrons. The van der Waals surface area contributed by atoms with Crippen LogP contribution in [-0.2, 0) is 0 Å². The second-order valence-electron chi connectivity index (χ2n) is 4.60. The smallest absolute Gasteiger partial charge is 0.00702 e. The third-order valence-electron chi connectivity index (χ3n) is 3.22. The molecule has 0 bridgehead atoms. The molecule has 2 atom stereocenters. The second-order valence-corrected chi connectivity index (χ2v) is 4.60. The molecule has 1 rings (SSSR count). The number of rotatable bonds is 4. The van der Waals surface area contributed by atoms with Crippen LogP contribution in [-0.4, -0.2) is 12.6 Å². The van der Waals surface area contributed by atoms with E-state index in [0.29, 0.717) is 0 Å². The van der Waals surface area contributed by atoms with Crippen molar-refractivity contribution in [3.8, 4) is 0 Å². The quantitative estimate of drug-likeness (QED) is 0.677. The van der Waals surface area contributed by atoms with Crippen LogP contribution in [0.15, 0.2) is 12.2 Å². The van der Waals surface area contributed by atoms with Crippen molar-refractivity contribution in [2.24, 2.45) is 5.92 Å². The van der Waals surface area contributed by atoms with Gasteiger partial charge >= 0.3 is 0 Å². The van der Waals surface area contributed by atoms with E-state index in [2.05, 4.69) is 31.3 Å². The largest absolute Gasteiger partial charge is 0.314 e. The molecule has 0 aromatic carbocycles. The summed E-state index contributed by atoms with van der Waals surface area (Å²) >= 11 is 0. The molecular formula is C13H25N. The molecule has 0 spiro atoms. The Kier molecular flexibility index (Phi) is 5.93.